The van der Waals surface area contributed by atoms with Gasteiger partial charge in [0, 0.05) is 17.8 Å². The second-order valence-electron chi connectivity index (χ2n) is 9.40. The van der Waals surface area contributed by atoms with Crippen molar-refractivity contribution >= 4 is 23.2 Å². The highest BCUT2D eigenvalue weighted by atomic mass is 16.5. The minimum atomic E-state index is -0.262. The lowest BCUT2D eigenvalue weighted by molar-refractivity contribution is -0.120. The highest BCUT2D eigenvalue weighted by Gasteiger charge is 2.44. The van der Waals surface area contributed by atoms with Crippen LogP contribution in [-0.4, -0.2) is 32.6 Å². The lowest BCUT2D eigenvalue weighted by Crippen LogP contribution is -2.35. The van der Waals surface area contributed by atoms with Gasteiger partial charge in [0.2, 0.25) is 5.91 Å². The molecule has 192 valence electrons. The molecule has 1 saturated heterocycles. The number of nitrogens with zero attached hydrogens (tertiary/aromatic N) is 1. The summed E-state index contributed by atoms with van der Waals surface area (Å²) in [7, 11) is 3.18. The number of hydrogen-bond donors (Lipinski definition) is 3. The second-order valence-corrected chi connectivity index (χ2v) is 9.40. The molecule has 0 aliphatic carbocycles. The van der Waals surface area contributed by atoms with E-state index < -0.39 is 0 Å². The van der Waals surface area contributed by atoms with E-state index in [-0.39, 0.29) is 29.8 Å². The largest absolute Gasteiger partial charge is 0.493 e. The molecule has 2 aliphatic rings. The van der Waals surface area contributed by atoms with E-state index in [1.807, 2.05) is 61.5 Å². The normalized spacial score (nSPS) is 18.9. The molecule has 0 aromatic heterocycles. The quantitative estimate of drug-likeness (QED) is 0.446. The molecular weight excluding hydrogens is 468 g/mol. The van der Waals surface area contributed by atoms with E-state index in [0.717, 1.165) is 28.9 Å². The molecule has 0 saturated carbocycles. The average Bonchev–Trinajstić information content (AvgIpc) is 3.28. The molecular formula is C29H32N4O4. The Kier molecular flexibility index (Phi) is 6.76. The first-order chi connectivity index (χ1) is 17.9. The van der Waals surface area contributed by atoms with E-state index in [0.29, 0.717) is 23.6 Å². The van der Waals surface area contributed by atoms with Gasteiger partial charge in [-0.2, -0.15) is 0 Å². The summed E-state index contributed by atoms with van der Waals surface area (Å²) in [5, 5.41) is 8.07. The van der Waals surface area contributed by atoms with Crippen LogP contribution in [0.3, 0.4) is 0 Å². The Morgan fingerprint density at radius 1 is 1.05 bits per heavy atom. The van der Waals surface area contributed by atoms with Gasteiger partial charge in [0.05, 0.1) is 37.9 Å². The van der Waals surface area contributed by atoms with E-state index in [2.05, 4.69) is 23.0 Å². The lowest BCUT2D eigenvalue weighted by Gasteiger charge is -2.27. The Labute approximate surface area is 216 Å². The van der Waals surface area contributed by atoms with E-state index >= 15 is 0 Å². The van der Waals surface area contributed by atoms with Crippen molar-refractivity contribution < 1.29 is 19.1 Å². The number of carbonyl (C=O) groups is 2. The summed E-state index contributed by atoms with van der Waals surface area (Å²) in [5.74, 6) is 0.809. The number of anilines is 2. The Morgan fingerprint density at radius 2 is 1.81 bits per heavy atom. The fraction of sp³-hybridized carbons (Fsp3) is 0.310. The molecule has 0 radical (unpaired) electrons. The van der Waals surface area contributed by atoms with Crippen molar-refractivity contribution in [2.24, 2.45) is 5.92 Å². The topological polar surface area (TPSA) is 91.9 Å². The van der Waals surface area contributed by atoms with E-state index in [9.17, 15) is 9.59 Å². The van der Waals surface area contributed by atoms with Gasteiger partial charge in [-0.15, -0.1) is 0 Å². The van der Waals surface area contributed by atoms with Gasteiger partial charge >= 0.3 is 0 Å². The predicted octanol–water partition coefficient (Wildman–Crippen LogP) is 4.39. The van der Waals surface area contributed by atoms with Crippen LogP contribution in [0, 0.1) is 5.92 Å². The third kappa shape index (κ3) is 4.60. The number of nitrogens with one attached hydrogen (secondary N) is 3. The van der Waals surface area contributed by atoms with Gasteiger partial charge < -0.3 is 20.1 Å². The molecule has 3 unspecified atom stereocenters. The number of methoxy groups -OCH3 is 2. The van der Waals surface area contributed by atoms with Crippen LogP contribution in [0.1, 0.15) is 53.0 Å². The summed E-state index contributed by atoms with van der Waals surface area (Å²) < 4.78 is 10.7. The van der Waals surface area contributed by atoms with Crippen molar-refractivity contribution in [3.63, 3.8) is 0 Å². The van der Waals surface area contributed by atoms with Crippen LogP contribution in [0.25, 0.3) is 0 Å². The van der Waals surface area contributed by atoms with Gasteiger partial charge in [0.1, 0.15) is 0 Å². The van der Waals surface area contributed by atoms with Crippen LogP contribution in [0.2, 0.25) is 0 Å². The zero-order valence-electron chi connectivity index (χ0n) is 21.5. The maximum Gasteiger partial charge on any atom is 0.251 e. The summed E-state index contributed by atoms with van der Waals surface area (Å²) >= 11 is 0. The predicted molar refractivity (Wildman–Crippen MR) is 143 cm³/mol. The highest BCUT2D eigenvalue weighted by molar-refractivity contribution is 5.99. The molecule has 2 heterocycles. The molecule has 8 heteroatoms. The number of hydrazine groups is 1. The molecule has 5 rings (SSSR count). The molecule has 0 bridgehead atoms. The van der Waals surface area contributed by atoms with Crippen LogP contribution in [-0.2, 0) is 11.2 Å². The van der Waals surface area contributed by atoms with Crippen LogP contribution in [0.4, 0.5) is 11.4 Å². The summed E-state index contributed by atoms with van der Waals surface area (Å²) in [6.45, 7) is 4.57. The average molecular weight is 501 g/mol. The van der Waals surface area contributed by atoms with Crippen LogP contribution in [0.15, 0.2) is 60.7 Å². The smallest absolute Gasteiger partial charge is 0.251 e. The van der Waals surface area contributed by atoms with Gasteiger partial charge in [-0.25, -0.2) is 10.4 Å². The summed E-state index contributed by atoms with van der Waals surface area (Å²) in [6, 6.07) is 18.7. The van der Waals surface area contributed by atoms with Crippen molar-refractivity contribution in [2.75, 3.05) is 31.1 Å². The first-order valence-corrected chi connectivity index (χ1v) is 12.5. The number of fused-ring (bicyclic) bond motifs is 3. The lowest BCUT2D eigenvalue weighted by atomic mass is 9.88. The molecule has 3 aromatic carbocycles. The van der Waals surface area contributed by atoms with E-state index in [1.165, 1.54) is 5.56 Å². The second kappa shape index (κ2) is 10.1. The maximum absolute atomic E-state index is 13.2. The van der Waals surface area contributed by atoms with Crippen molar-refractivity contribution in [3.8, 4) is 11.5 Å². The molecule has 1 fully saturated rings. The van der Waals surface area contributed by atoms with Crippen LogP contribution < -0.4 is 30.5 Å². The van der Waals surface area contributed by atoms with E-state index in [1.54, 1.807) is 25.3 Å². The molecule has 37 heavy (non-hydrogen) atoms. The fourth-order valence-electron chi connectivity index (χ4n) is 5.00. The highest BCUT2D eigenvalue weighted by Crippen LogP contribution is 2.40. The van der Waals surface area contributed by atoms with Crippen molar-refractivity contribution in [2.45, 2.75) is 32.4 Å². The number of aryl methyl sites for hydroxylation is 1. The van der Waals surface area contributed by atoms with Crippen LogP contribution in [0.5, 0.6) is 11.5 Å². The van der Waals surface area contributed by atoms with Crippen molar-refractivity contribution in [1.29, 1.82) is 0 Å². The molecule has 2 aliphatic heterocycles. The van der Waals surface area contributed by atoms with Gasteiger partial charge in [-0.1, -0.05) is 25.1 Å². The summed E-state index contributed by atoms with van der Waals surface area (Å²) in [4.78, 5) is 26.5. The number of benzene rings is 3. The SMILES string of the molecule is CCc1ccc(N2NC3c4cc(C(=O)NC(C)c5ccc(OC)c(OC)c5)ccc4NCC3C2=O)cc1. The monoisotopic (exact) mass is 500 g/mol. The Bertz CT molecular complexity index is 1320. The molecule has 0 spiro atoms. The third-order valence-corrected chi connectivity index (χ3v) is 7.23. The molecule has 2 amide bonds. The Morgan fingerprint density at radius 3 is 2.51 bits per heavy atom. The molecule has 3 atom stereocenters. The fourth-order valence-corrected chi connectivity index (χ4v) is 5.00. The zero-order valence-corrected chi connectivity index (χ0v) is 21.5. The number of amides is 2. The van der Waals surface area contributed by atoms with Crippen molar-refractivity contribution in [1.82, 2.24) is 10.7 Å². The van der Waals surface area contributed by atoms with Gasteiger partial charge in [-0.05, 0) is 72.5 Å². The van der Waals surface area contributed by atoms with Crippen LogP contribution >= 0.6 is 0 Å². The van der Waals surface area contributed by atoms with Crippen molar-refractivity contribution in [3.05, 3.63) is 82.9 Å². The molecule has 8 nitrogen and oxygen atoms in total. The van der Waals surface area contributed by atoms with E-state index in [4.69, 9.17) is 9.47 Å². The van der Waals surface area contributed by atoms with Gasteiger partial charge in [0.15, 0.2) is 11.5 Å². The third-order valence-electron chi connectivity index (χ3n) is 7.23. The molecule has 3 N–H and O–H groups in total. The first kappa shape index (κ1) is 24.6. The number of hydrogen-bond acceptors (Lipinski definition) is 6. The van der Waals surface area contributed by atoms with Gasteiger partial charge in [-0.3, -0.25) is 9.59 Å². The minimum absolute atomic E-state index is 0.0179. The standard InChI is InChI=1S/C29H32N4O4/c1-5-18-6-10-21(11-7-18)33-29(35)23-16-30-24-12-8-20(14-22(24)27(23)32-33)28(34)31-17(2)19-9-13-25(36-3)26(15-19)37-4/h6-15,17,23,27,30,32H,5,16H2,1-4H3,(H,31,34). The Balaban J connectivity index is 1.35. The first-order valence-electron chi connectivity index (χ1n) is 12.5. The van der Waals surface area contributed by atoms with Gasteiger partial charge in [0.25, 0.3) is 5.91 Å². The zero-order chi connectivity index (χ0) is 26.1. The maximum atomic E-state index is 13.2. The number of rotatable bonds is 7. The number of carbonyl (C=O) groups excluding carboxylic acids is 2. The summed E-state index contributed by atoms with van der Waals surface area (Å²) in [6.07, 6.45) is 0.944. The minimum Gasteiger partial charge on any atom is -0.493 e. The number of ether oxygens (including phenoxy) is 2. The summed E-state index contributed by atoms with van der Waals surface area (Å²) in [5.41, 5.74) is 8.70. The molecule has 3 aromatic rings. The Hall–Kier alpha value is -4.04.